The van der Waals surface area contributed by atoms with Crippen molar-refractivity contribution in [3.63, 3.8) is 0 Å². The largest absolute Gasteiger partial charge is 0.292 e. The molecule has 1 aliphatic heterocycles. The van der Waals surface area contributed by atoms with E-state index in [2.05, 4.69) is 209 Å². The molecule has 4 nitrogen and oxygen atoms in total. The van der Waals surface area contributed by atoms with Gasteiger partial charge in [0.15, 0.2) is 3.84 Å². The fourth-order valence-electron chi connectivity index (χ4n) is 8.79. The highest BCUT2D eigenvalue weighted by molar-refractivity contribution is 14.2. The lowest BCUT2D eigenvalue weighted by molar-refractivity contribution is 1.30. The zero-order valence-corrected chi connectivity index (χ0v) is 33.4. The van der Waals surface area contributed by atoms with Gasteiger partial charge in [0.05, 0.1) is 33.3 Å². The molecular weight excluding hydrogens is 820 g/mol. The van der Waals surface area contributed by atoms with Gasteiger partial charge in [-0.05, 0) is 103 Å². The predicted octanol–water partition coefficient (Wildman–Crippen LogP) is 13.7. The third-order valence-electron chi connectivity index (χ3n) is 11.4. The van der Waals surface area contributed by atoms with Gasteiger partial charge >= 0.3 is 0 Å². The van der Waals surface area contributed by atoms with Crippen molar-refractivity contribution >= 4 is 93.9 Å². The lowest BCUT2D eigenvalue weighted by Gasteiger charge is -2.17. The van der Waals surface area contributed by atoms with E-state index < -0.39 is 20.7 Å². The molecular formula is C53H33IN4. The van der Waals surface area contributed by atoms with Gasteiger partial charge < -0.3 is 0 Å². The van der Waals surface area contributed by atoms with Crippen LogP contribution in [0.4, 0.5) is 0 Å². The van der Waals surface area contributed by atoms with Gasteiger partial charge in [-0.3, -0.25) is 8.97 Å². The maximum atomic E-state index is 5.66. The van der Waals surface area contributed by atoms with Gasteiger partial charge in [-0.2, -0.15) is 0 Å². The van der Waals surface area contributed by atoms with Gasteiger partial charge in [0, 0.05) is 36.0 Å². The molecule has 5 heteroatoms. The van der Waals surface area contributed by atoms with Crippen LogP contribution < -0.4 is 0 Å². The first-order chi connectivity index (χ1) is 28.8. The van der Waals surface area contributed by atoms with E-state index in [4.69, 9.17) is 9.98 Å². The van der Waals surface area contributed by atoms with E-state index >= 15 is 0 Å². The first kappa shape index (κ1) is 33.2. The van der Waals surface area contributed by atoms with Crippen LogP contribution in [-0.2, 0) is 0 Å². The van der Waals surface area contributed by atoms with Crippen molar-refractivity contribution in [1.82, 2.24) is 14.0 Å². The Morgan fingerprint density at radius 1 is 0.397 bits per heavy atom. The van der Waals surface area contributed by atoms with E-state index in [1.807, 2.05) is 0 Å². The second kappa shape index (κ2) is 13.3. The van der Waals surface area contributed by atoms with Crippen LogP contribution >= 0.6 is 20.7 Å². The van der Waals surface area contributed by atoms with Crippen LogP contribution in [0.2, 0.25) is 0 Å². The number of aromatic nitrogens is 3. The van der Waals surface area contributed by atoms with Crippen LogP contribution in [0, 0.1) is 0 Å². The summed E-state index contributed by atoms with van der Waals surface area (Å²) in [5, 5.41) is 6.04. The molecule has 0 unspecified atom stereocenters. The number of hydrogen-bond acceptors (Lipinski definition) is 2. The fraction of sp³-hybridized carbons (Fsp3) is 0. The number of pyridine rings is 1. The number of allylic oxidation sites excluding steroid dienone is 1. The zero-order chi connectivity index (χ0) is 38.2. The summed E-state index contributed by atoms with van der Waals surface area (Å²) in [5.41, 5.74) is 14.7. The van der Waals surface area contributed by atoms with Crippen LogP contribution in [0.5, 0.6) is 0 Å². The Kier molecular flexibility index (Phi) is 7.63. The Bertz CT molecular complexity index is 3470. The minimum Gasteiger partial charge on any atom is -0.292 e. The van der Waals surface area contributed by atoms with Crippen molar-refractivity contribution in [2.45, 2.75) is 0 Å². The number of halogens is 1. The van der Waals surface area contributed by atoms with Gasteiger partial charge in [-0.1, -0.05) is 146 Å². The Labute approximate surface area is 344 Å². The number of benzene rings is 8. The second-order valence-corrected chi connectivity index (χ2v) is 17.4. The molecule has 4 heterocycles. The van der Waals surface area contributed by atoms with Crippen molar-refractivity contribution in [3.05, 3.63) is 211 Å². The second-order valence-electron chi connectivity index (χ2n) is 14.8. The maximum Gasteiger partial charge on any atom is 0.171 e. The highest BCUT2D eigenvalue weighted by Crippen LogP contribution is 2.42. The summed E-state index contributed by atoms with van der Waals surface area (Å²) in [6.07, 6.45) is 2.35. The normalized spacial score (nSPS) is 13.3. The highest BCUT2D eigenvalue weighted by Gasteiger charge is 2.23. The predicted molar refractivity (Wildman–Crippen MR) is 253 cm³/mol. The molecule has 1 aliphatic rings. The van der Waals surface area contributed by atoms with E-state index in [0.29, 0.717) is 0 Å². The number of nitrogens with zero attached hydrogens (tertiary/aromatic N) is 4. The number of aliphatic imine (C=N–C) groups is 1. The maximum absolute atomic E-state index is 5.66. The molecule has 0 fully saturated rings. The molecule has 8 aromatic carbocycles. The average molecular weight is 853 g/mol. The van der Waals surface area contributed by atoms with Crippen molar-refractivity contribution in [1.29, 1.82) is 0 Å². The summed E-state index contributed by atoms with van der Waals surface area (Å²) < 4.78 is 7.24. The number of imidazole rings is 1. The Morgan fingerprint density at radius 3 is 1.71 bits per heavy atom. The number of rotatable bonds is 4. The summed E-state index contributed by atoms with van der Waals surface area (Å²) >= 11 is -0.738. The third kappa shape index (κ3) is 5.23. The van der Waals surface area contributed by atoms with Crippen LogP contribution in [0.15, 0.2) is 205 Å². The lowest BCUT2D eigenvalue weighted by atomic mass is 9.99. The Morgan fingerprint density at radius 2 is 0.966 bits per heavy atom. The first-order valence-electron chi connectivity index (χ1n) is 19.5. The van der Waals surface area contributed by atoms with Gasteiger partial charge in [0.2, 0.25) is 0 Å². The van der Waals surface area contributed by atoms with Crippen LogP contribution in [0.1, 0.15) is 11.1 Å². The van der Waals surface area contributed by atoms with Crippen LogP contribution in [-0.4, -0.2) is 21.3 Å². The standard InChI is InChI=1S/C53H33IN4/c1-3-15-34(16-4-1)36-19-13-21-38(31-36)43-33-45(39-22-14-20-37(32-39)35-17-5-2-6-18-35)56-53(54-43)58-47-27-11-8-24-41(47)51-49(58)30-29-42-50(51)40-23-7-10-26-46(40)57-48-28-12-9-25-44(48)55-52(42)57/h1-33H. The summed E-state index contributed by atoms with van der Waals surface area (Å²) in [5.74, 6) is 0. The molecule has 0 atom stereocenters. The molecule has 0 spiro atoms. The summed E-state index contributed by atoms with van der Waals surface area (Å²) in [6, 6.07) is 69.9. The van der Waals surface area contributed by atoms with Crippen molar-refractivity contribution < 1.29 is 0 Å². The third-order valence-corrected chi connectivity index (χ3v) is 14.1. The molecule has 272 valence electrons. The molecule has 0 saturated heterocycles. The van der Waals surface area contributed by atoms with E-state index in [0.717, 1.165) is 53.7 Å². The number of hydrogen-bond donors (Lipinski definition) is 0. The van der Waals surface area contributed by atoms with Crippen molar-refractivity contribution in [3.8, 4) is 22.3 Å². The average Bonchev–Trinajstić information content (AvgIpc) is 3.86. The molecule has 0 saturated carbocycles. The molecule has 0 aliphatic carbocycles. The SMILES string of the molecule is C1=C(c2cccc(-c3ccccc3)c2)N=C(n2c3ccccc3c3c4c5ccccc5n5c6ccccc6nc5c4ccc32)I=C1c1cccc(-c2ccccc2)c1. The molecule has 0 N–H and O–H groups in total. The molecule has 3 aromatic heterocycles. The lowest BCUT2D eigenvalue weighted by Crippen LogP contribution is -2.11. The molecule has 58 heavy (non-hydrogen) atoms. The highest BCUT2D eigenvalue weighted by atomic mass is 127. The minimum atomic E-state index is -0.738. The molecule has 12 rings (SSSR count). The first-order valence-corrected chi connectivity index (χ1v) is 21.7. The smallest absolute Gasteiger partial charge is 0.171 e. The molecule has 0 amide bonds. The minimum absolute atomic E-state index is 0.738. The van der Waals surface area contributed by atoms with Crippen LogP contribution in [0.25, 0.3) is 88.1 Å². The van der Waals surface area contributed by atoms with Gasteiger partial charge in [0.25, 0.3) is 0 Å². The summed E-state index contributed by atoms with van der Waals surface area (Å²) in [7, 11) is 0. The van der Waals surface area contributed by atoms with Gasteiger partial charge in [0.1, 0.15) is 5.65 Å². The summed E-state index contributed by atoms with van der Waals surface area (Å²) in [6.45, 7) is 0. The number of para-hydroxylation sites is 4. The Balaban J connectivity index is 1.14. The Hall–Kier alpha value is -6.96. The zero-order valence-electron chi connectivity index (χ0n) is 31.2. The number of fused-ring (bicyclic) bond motifs is 12. The topological polar surface area (TPSA) is 34.6 Å². The fourth-order valence-corrected chi connectivity index (χ4v) is 11.6. The van der Waals surface area contributed by atoms with Gasteiger partial charge in [-0.15, -0.1) is 0 Å². The van der Waals surface area contributed by atoms with Crippen LogP contribution in [0.3, 0.4) is 0 Å². The quantitative estimate of drug-likeness (QED) is 0.128. The van der Waals surface area contributed by atoms with Crippen molar-refractivity contribution in [2.24, 2.45) is 4.99 Å². The van der Waals surface area contributed by atoms with E-state index in [9.17, 15) is 0 Å². The summed E-state index contributed by atoms with van der Waals surface area (Å²) in [4.78, 5) is 10.9. The molecule has 0 radical (unpaired) electrons. The van der Waals surface area contributed by atoms with Crippen molar-refractivity contribution in [2.75, 3.05) is 0 Å². The molecule has 11 aromatic rings. The van der Waals surface area contributed by atoms with E-state index in [1.54, 1.807) is 0 Å². The van der Waals surface area contributed by atoms with E-state index in [-0.39, 0.29) is 0 Å². The monoisotopic (exact) mass is 852 g/mol. The van der Waals surface area contributed by atoms with Gasteiger partial charge in [-0.25, -0.2) is 9.98 Å². The molecule has 0 bridgehead atoms. The van der Waals surface area contributed by atoms with E-state index in [1.165, 1.54) is 52.9 Å².